The molecule has 4 nitrogen and oxygen atoms in total. The number of hydrogen-bond acceptors (Lipinski definition) is 2. The molecule has 0 saturated carbocycles. The van der Waals surface area contributed by atoms with Crippen LogP contribution >= 0.6 is 0 Å². The Morgan fingerprint density at radius 2 is 2.11 bits per heavy atom. The third kappa shape index (κ3) is 3.25. The Morgan fingerprint density at radius 1 is 1.37 bits per heavy atom. The van der Waals surface area contributed by atoms with Crippen LogP contribution in [0.1, 0.15) is 12.5 Å². The quantitative estimate of drug-likeness (QED) is 0.650. The van der Waals surface area contributed by atoms with Gasteiger partial charge in [0, 0.05) is 36.4 Å². The lowest BCUT2D eigenvalue weighted by Gasteiger charge is -2.06. The second kappa shape index (κ2) is 5.91. The maximum atomic E-state index is 11.4. The number of nitrogens with two attached hydrogens (primary N) is 1. The molecule has 1 aromatic carbocycles. The third-order valence-corrected chi connectivity index (χ3v) is 2.74. The lowest BCUT2D eigenvalue weighted by atomic mass is 10.1. The molecule has 0 unspecified atom stereocenters. The molecule has 0 atom stereocenters. The minimum Gasteiger partial charge on any atom is -0.398 e. The van der Waals surface area contributed by atoms with E-state index in [0.717, 1.165) is 11.3 Å². The maximum Gasteiger partial charge on any atom is 0.243 e. The van der Waals surface area contributed by atoms with E-state index >= 15 is 0 Å². The zero-order chi connectivity index (χ0) is 13.7. The van der Waals surface area contributed by atoms with E-state index in [1.54, 1.807) is 6.08 Å². The molecule has 0 aliphatic rings. The lowest BCUT2D eigenvalue weighted by molar-refractivity contribution is -0.116. The van der Waals surface area contributed by atoms with Gasteiger partial charge < -0.3 is 15.6 Å². The van der Waals surface area contributed by atoms with Gasteiger partial charge in [-0.3, -0.25) is 4.79 Å². The van der Waals surface area contributed by atoms with Crippen LogP contribution in [0.5, 0.6) is 0 Å². The van der Waals surface area contributed by atoms with E-state index in [0.29, 0.717) is 12.2 Å². The van der Waals surface area contributed by atoms with Gasteiger partial charge in [-0.1, -0.05) is 0 Å². The molecule has 1 heterocycles. The SMILES string of the molecule is CCNC(=O)C=Cc1cc(-n2cccc2)ccc1N. The first-order chi connectivity index (χ1) is 9.20. The first-order valence-corrected chi connectivity index (χ1v) is 6.19. The molecule has 4 heteroatoms. The highest BCUT2D eigenvalue weighted by Gasteiger charge is 2.00. The van der Waals surface area contributed by atoms with Crippen molar-refractivity contribution in [2.75, 3.05) is 12.3 Å². The summed E-state index contributed by atoms with van der Waals surface area (Å²) in [6.45, 7) is 2.49. The molecule has 1 amide bonds. The highest BCUT2D eigenvalue weighted by Crippen LogP contribution is 2.18. The average molecular weight is 255 g/mol. The maximum absolute atomic E-state index is 11.4. The van der Waals surface area contributed by atoms with Crippen LogP contribution in [0.25, 0.3) is 11.8 Å². The number of likely N-dealkylation sites (N-methyl/N-ethyl adjacent to an activating group) is 1. The summed E-state index contributed by atoms with van der Waals surface area (Å²) in [5.74, 6) is -0.117. The Hall–Kier alpha value is -2.49. The molecule has 19 heavy (non-hydrogen) atoms. The standard InChI is InChI=1S/C15H17N3O/c1-2-17-15(19)8-5-12-11-13(6-7-14(12)16)18-9-3-4-10-18/h3-11H,2,16H2,1H3,(H,17,19). The Morgan fingerprint density at radius 3 is 2.79 bits per heavy atom. The Kier molecular flexibility index (Phi) is 4.03. The molecule has 0 spiro atoms. The van der Waals surface area contributed by atoms with E-state index in [4.69, 9.17) is 5.73 Å². The average Bonchev–Trinajstić information content (AvgIpc) is 2.92. The normalized spacial score (nSPS) is 10.8. The van der Waals surface area contributed by atoms with Crippen LogP contribution in [-0.2, 0) is 4.79 Å². The lowest BCUT2D eigenvalue weighted by Crippen LogP contribution is -2.19. The highest BCUT2D eigenvalue weighted by atomic mass is 16.1. The first-order valence-electron chi connectivity index (χ1n) is 6.19. The van der Waals surface area contributed by atoms with E-state index < -0.39 is 0 Å². The number of anilines is 1. The predicted octanol–water partition coefficient (Wildman–Crippen LogP) is 2.21. The minimum absolute atomic E-state index is 0.117. The molecule has 0 radical (unpaired) electrons. The van der Waals surface area contributed by atoms with Crippen LogP contribution in [-0.4, -0.2) is 17.0 Å². The van der Waals surface area contributed by atoms with Gasteiger partial charge in [-0.2, -0.15) is 0 Å². The van der Waals surface area contributed by atoms with Gasteiger partial charge in [-0.15, -0.1) is 0 Å². The van der Waals surface area contributed by atoms with Gasteiger partial charge in [0.05, 0.1) is 0 Å². The Balaban J connectivity index is 2.25. The number of carbonyl (C=O) groups is 1. The fraction of sp³-hybridized carbons (Fsp3) is 0.133. The summed E-state index contributed by atoms with van der Waals surface area (Å²) in [6.07, 6.45) is 7.15. The van der Waals surface area contributed by atoms with E-state index in [2.05, 4.69) is 5.32 Å². The molecule has 0 aliphatic heterocycles. The molecule has 98 valence electrons. The number of carbonyl (C=O) groups excluding carboxylic acids is 1. The van der Waals surface area contributed by atoms with Crippen molar-refractivity contribution in [1.29, 1.82) is 0 Å². The summed E-state index contributed by atoms with van der Waals surface area (Å²) >= 11 is 0. The monoisotopic (exact) mass is 255 g/mol. The fourth-order valence-electron chi connectivity index (χ4n) is 1.77. The zero-order valence-corrected chi connectivity index (χ0v) is 10.8. The summed E-state index contributed by atoms with van der Waals surface area (Å²) in [5, 5.41) is 2.71. The molecular weight excluding hydrogens is 238 g/mol. The van der Waals surface area contributed by atoms with Crippen LogP contribution < -0.4 is 11.1 Å². The van der Waals surface area contributed by atoms with Crippen molar-refractivity contribution in [3.8, 4) is 5.69 Å². The second-order valence-electron chi connectivity index (χ2n) is 4.13. The molecule has 2 aromatic rings. The number of benzene rings is 1. The summed E-state index contributed by atoms with van der Waals surface area (Å²) in [5.41, 5.74) is 8.40. The summed E-state index contributed by atoms with van der Waals surface area (Å²) in [6, 6.07) is 9.65. The van der Waals surface area contributed by atoms with Crippen molar-refractivity contribution < 1.29 is 4.79 Å². The number of hydrogen-bond donors (Lipinski definition) is 2. The van der Waals surface area contributed by atoms with Crippen molar-refractivity contribution >= 4 is 17.7 Å². The number of rotatable bonds is 4. The summed E-state index contributed by atoms with van der Waals surface area (Å²) in [4.78, 5) is 11.4. The van der Waals surface area contributed by atoms with Crippen molar-refractivity contribution in [2.24, 2.45) is 0 Å². The molecule has 0 saturated heterocycles. The van der Waals surface area contributed by atoms with Gasteiger partial charge in [-0.25, -0.2) is 0 Å². The number of amides is 1. The fourth-order valence-corrected chi connectivity index (χ4v) is 1.77. The molecule has 0 bridgehead atoms. The van der Waals surface area contributed by atoms with E-state index in [9.17, 15) is 4.79 Å². The summed E-state index contributed by atoms with van der Waals surface area (Å²) < 4.78 is 1.99. The number of nitrogens with zero attached hydrogens (tertiary/aromatic N) is 1. The number of nitrogens with one attached hydrogen (secondary N) is 1. The number of nitrogen functional groups attached to an aromatic ring is 1. The van der Waals surface area contributed by atoms with E-state index in [-0.39, 0.29) is 5.91 Å². The second-order valence-corrected chi connectivity index (χ2v) is 4.13. The van der Waals surface area contributed by atoms with Gasteiger partial charge in [0.15, 0.2) is 0 Å². The zero-order valence-electron chi connectivity index (χ0n) is 10.8. The topological polar surface area (TPSA) is 60.0 Å². The van der Waals surface area contributed by atoms with Gasteiger partial charge >= 0.3 is 0 Å². The van der Waals surface area contributed by atoms with Crippen LogP contribution in [0.4, 0.5) is 5.69 Å². The molecular formula is C15H17N3O. The van der Waals surface area contributed by atoms with Gasteiger partial charge in [-0.05, 0) is 48.9 Å². The van der Waals surface area contributed by atoms with Crippen LogP contribution in [0.2, 0.25) is 0 Å². The smallest absolute Gasteiger partial charge is 0.243 e. The van der Waals surface area contributed by atoms with Crippen LogP contribution in [0.15, 0.2) is 48.8 Å². The van der Waals surface area contributed by atoms with Crippen LogP contribution in [0.3, 0.4) is 0 Å². The molecule has 1 aromatic heterocycles. The van der Waals surface area contributed by atoms with E-state index in [1.165, 1.54) is 6.08 Å². The molecule has 3 N–H and O–H groups in total. The van der Waals surface area contributed by atoms with Crippen molar-refractivity contribution in [3.05, 3.63) is 54.4 Å². The van der Waals surface area contributed by atoms with Gasteiger partial charge in [0.1, 0.15) is 0 Å². The van der Waals surface area contributed by atoms with Crippen molar-refractivity contribution in [2.45, 2.75) is 6.92 Å². The van der Waals surface area contributed by atoms with Gasteiger partial charge in [0.25, 0.3) is 0 Å². The largest absolute Gasteiger partial charge is 0.398 e. The van der Waals surface area contributed by atoms with Crippen LogP contribution in [0, 0.1) is 0 Å². The molecule has 0 aliphatic carbocycles. The Labute approximate surface area is 112 Å². The highest BCUT2D eigenvalue weighted by molar-refractivity contribution is 5.92. The van der Waals surface area contributed by atoms with Gasteiger partial charge in [0.2, 0.25) is 5.91 Å². The van der Waals surface area contributed by atoms with Crippen molar-refractivity contribution in [3.63, 3.8) is 0 Å². The van der Waals surface area contributed by atoms with E-state index in [1.807, 2.05) is 54.2 Å². The molecule has 2 rings (SSSR count). The third-order valence-electron chi connectivity index (χ3n) is 2.74. The summed E-state index contributed by atoms with van der Waals surface area (Å²) in [7, 11) is 0. The van der Waals surface area contributed by atoms with Crippen molar-refractivity contribution in [1.82, 2.24) is 9.88 Å². The predicted molar refractivity (Wildman–Crippen MR) is 77.9 cm³/mol. The minimum atomic E-state index is -0.117. The number of aromatic nitrogens is 1. The molecule has 0 fully saturated rings. The first kappa shape index (κ1) is 13.0. The Bertz CT molecular complexity index is 585.